The number of hydrogen-bond acceptors (Lipinski definition) is 4. The molecule has 1 aromatic carbocycles. The van der Waals surface area contributed by atoms with Crippen LogP contribution in [0.2, 0.25) is 0 Å². The van der Waals surface area contributed by atoms with Gasteiger partial charge in [-0.05, 0) is 36.2 Å². The number of rotatable bonds is 6. The van der Waals surface area contributed by atoms with Crippen molar-refractivity contribution in [1.29, 1.82) is 0 Å². The molecule has 1 heterocycles. The monoisotopic (exact) mass is 321 g/mol. The van der Waals surface area contributed by atoms with E-state index < -0.39 is 15.9 Å². The SMILES string of the molecule is CCCc1ccc(S(=O)(=O)NC(=O)c2ccc(CC)o2)cc1. The molecule has 118 valence electrons. The van der Waals surface area contributed by atoms with Crippen molar-refractivity contribution in [1.82, 2.24) is 4.72 Å². The third kappa shape index (κ3) is 3.76. The van der Waals surface area contributed by atoms with Gasteiger partial charge in [-0.25, -0.2) is 13.1 Å². The summed E-state index contributed by atoms with van der Waals surface area (Å²) >= 11 is 0. The van der Waals surface area contributed by atoms with Crippen LogP contribution in [-0.2, 0) is 22.9 Å². The molecule has 0 aliphatic carbocycles. The molecule has 0 aliphatic heterocycles. The van der Waals surface area contributed by atoms with Gasteiger partial charge < -0.3 is 4.42 Å². The zero-order chi connectivity index (χ0) is 16.2. The fourth-order valence-corrected chi connectivity index (χ4v) is 3.00. The Bertz CT molecular complexity index is 745. The van der Waals surface area contributed by atoms with Gasteiger partial charge in [-0.3, -0.25) is 4.79 Å². The number of furan rings is 1. The molecular formula is C16H19NO4S. The Morgan fingerprint density at radius 1 is 1.09 bits per heavy atom. The minimum absolute atomic E-state index is 0.0111. The van der Waals surface area contributed by atoms with E-state index in [-0.39, 0.29) is 10.7 Å². The number of benzene rings is 1. The topological polar surface area (TPSA) is 76.4 Å². The first-order chi connectivity index (χ1) is 10.5. The highest BCUT2D eigenvalue weighted by molar-refractivity contribution is 7.90. The standard InChI is InChI=1S/C16H19NO4S/c1-3-5-12-6-9-14(10-7-12)22(19,20)17-16(18)15-11-8-13(4-2)21-15/h6-11H,3-5H2,1-2H3,(H,17,18). The van der Waals surface area contributed by atoms with Gasteiger partial charge in [0.25, 0.3) is 10.0 Å². The van der Waals surface area contributed by atoms with Gasteiger partial charge in [-0.15, -0.1) is 0 Å². The maximum absolute atomic E-state index is 12.2. The van der Waals surface area contributed by atoms with Crippen LogP contribution in [0, 0.1) is 0 Å². The summed E-state index contributed by atoms with van der Waals surface area (Å²) in [4.78, 5) is 12.0. The second kappa shape index (κ2) is 6.79. The molecule has 1 N–H and O–H groups in total. The Hall–Kier alpha value is -2.08. The van der Waals surface area contributed by atoms with Crippen LogP contribution in [0.4, 0.5) is 0 Å². The first-order valence-corrected chi connectivity index (χ1v) is 8.69. The predicted octanol–water partition coefficient (Wildman–Crippen LogP) is 2.91. The van der Waals surface area contributed by atoms with Crippen LogP contribution in [0.25, 0.3) is 0 Å². The average Bonchev–Trinajstić information content (AvgIpc) is 2.97. The number of amides is 1. The highest BCUT2D eigenvalue weighted by atomic mass is 32.2. The van der Waals surface area contributed by atoms with Gasteiger partial charge in [0.05, 0.1) is 4.90 Å². The molecule has 0 spiro atoms. The lowest BCUT2D eigenvalue weighted by molar-refractivity contribution is 0.0953. The lowest BCUT2D eigenvalue weighted by Crippen LogP contribution is -2.30. The third-order valence-corrected chi connectivity index (χ3v) is 4.58. The van der Waals surface area contributed by atoms with E-state index in [4.69, 9.17) is 4.42 Å². The van der Waals surface area contributed by atoms with E-state index in [1.54, 1.807) is 18.2 Å². The lowest BCUT2D eigenvalue weighted by atomic mass is 10.1. The molecule has 0 atom stereocenters. The maximum atomic E-state index is 12.2. The van der Waals surface area contributed by atoms with Crippen LogP contribution in [0.1, 0.15) is 42.1 Å². The number of sulfonamides is 1. The smallest absolute Gasteiger partial charge is 0.300 e. The summed E-state index contributed by atoms with van der Waals surface area (Å²) < 4.78 is 31.6. The summed E-state index contributed by atoms with van der Waals surface area (Å²) in [5.74, 6) is -0.146. The van der Waals surface area contributed by atoms with E-state index in [0.29, 0.717) is 12.2 Å². The normalized spacial score (nSPS) is 11.4. The van der Waals surface area contributed by atoms with E-state index in [2.05, 4.69) is 6.92 Å². The second-order valence-corrected chi connectivity index (χ2v) is 6.63. The van der Waals surface area contributed by atoms with Gasteiger partial charge in [0.2, 0.25) is 0 Å². The second-order valence-electron chi connectivity index (χ2n) is 4.95. The van der Waals surface area contributed by atoms with Crippen LogP contribution in [0.5, 0.6) is 0 Å². The summed E-state index contributed by atoms with van der Waals surface area (Å²) in [6.45, 7) is 3.94. The van der Waals surface area contributed by atoms with Gasteiger partial charge >= 0.3 is 5.91 Å². The fourth-order valence-electron chi connectivity index (χ4n) is 2.05. The molecule has 0 fully saturated rings. The summed E-state index contributed by atoms with van der Waals surface area (Å²) in [7, 11) is -3.90. The Morgan fingerprint density at radius 3 is 2.32 bits per heavy atom. The molecule has 6 heteroatoms. The Balaban J connectivity index is 2.14. The van der Waals surface area contributed by atoms with Crippen LogP contribution in [-0.4, -0.2) is 14.3 Å². The molecular weight excluding hydrogens is 302 g/mol. The molecule has 1 aromatic heterocycles. The molecule has 0 aliphatic rings. The van der Waals surface area contributed by atoms with Crippen molar-refractivity contribution in [3.05, 3.63) is 53.5 Å². The van der Waals surface area contributed by atoms with Crippen molar-refractivity contribution in [3.8, 4) is 0 Å². The minimum atomic E-state index is -3.90. The first-order valence-electron chi connectivity index (χ1n) is 7.21. The van der Waals surface area contributed by atoms with Crippen molar-refractivity contribution in [2.45, 2.75) is 38.0 Å². The average molecular weight is 321 g/mol. The molecule has 0 saturated carbocycles. The van der Waals surface area contributed by atoms with Crippen molar-refractivity contribution in [2.24, 2.45) is 0 Å². The van der Waals surface area contributed by atoms with Gasteiger partial charge in [0.1, 0.15) is 5.76 Å². The van der Waals surface area contributed by atoms with Crippen molar-refractivity contribution in [3.63, 3.8) is 0 Å². The van der Waals surface area contributed by atoms with Crippen LogP contribution >= 0.6 is 0 Å². The van der Waals surface area contributed by atoms with Crippen molar-refractivity contribution < 1.29 is 17.6 Å². The molecule has 0 radical (unpaired) electrons. The Morgan fingerprint density at radius 2 is 1.77 bits per heavy atom. The number of nitrogens with one attached hydrogen (secondary N) is 1. The maximum Gasteiger partial charge on any atom is 0.300 e. The summed E-state index contributed by atoms with van der Waals surface area (Å²) in [5.41, 5.74) is 1.06. The van der Waals surface area contributed by atoms with Crippen molar-refractivity contribution >= 4 is 15.9 Å². The molecule has 2 aromatic rings. The zero-order valence-corrected chi connectivity index (χ0v) is 13.4. The molecule has 22 heavy (non-hydrogen) atoms. The van der Waals surface area contributed by atoms with E-state index in [9.17, 15) is 13.2 Å². The number of hydrogen-bond donors (Lipinski definition) is 1. The lowest BCUT2D eigenvalue weighted by Gasteiger charge is -2.06. The van der Waals surface area contributed by atoms with Gasteiger partial charge in [-0.2, -0.15) is 0 Å². The van der Waals surface area contributed by atoms with Crippen LogP contribution < -0.4 is 4.72 Å². The van der Waals surface area contributed by atoms with Crippen LogP contribution in [0.3, 0.4) is 0 Å². The molecule has 2 rings (SSSR count). The third-order valence-electron chi connectivity index (χ3n) is 3.23. The highest BCUT2D eigenvalue weighted by Crippen LogP contribution is 2.14. The van der Waals surface area contributed by atoms with Crippen molar-refractivity contribution in [2.75, 3.05) is 0 Å². The Labute approximate surface area is 130 Å². The van der Waals surface area contributed by atoms with E-state index >= 15 is 0 Å². The fraction of sp³-hybridized carbons (Fsp3) is 0.312. The zero-order valence-electron chi connectivity index (χ0n) is 12.6. The highest BCUT2D eigenvalue weighted by Gasteiger charge is 2.20. The number of carbonyl (C=O) groups excluding carboxylic acids is 1. The van der Waals surface area contributed by atoms with E-state index in [1.165, 1.54) is 18.2 Å². The quantitative estimate of drug-likeness (QED) is 0.887. The number of aryl methyl sites for hydroxylation is 2. The first kappa shape index (κ1) is 16.3. The minimum Gasteiger partial charge on any atom is -0.456 e. The predicted molar refractivity (Wildman–Crippen MR) is 83.2 cm³/mol. The summed E-state index contributed by atoms with van der Waals surface area (Å²) in [6.07, 6.45) is 2.51. The molecule has 0 bridgehead atoms. The van der Waals surface area contributed by atoms with Gasteiger partial charge in [-0.1, -0.05) is 32.4 Å². The van der Waals surface area contributed by atoms with E-state index in [1.807, 2.05) is 11.6 Å². The largest absolute Gasteiger partial charge is 0.456 e. The van der Waals surface area contributed by atoms with Crippen LogP contribution in [0.15, 0.2) is 45.7 Å². The Kier molecular flexibility index (Phi) is 5.03. The molecule has 0 unspecified atom stereocenters. The summed E-state index contributed by atoms with van der Waals surface area (Å²) in [5, 5.41) is 0. The molecule has 1 amide bonds. The van der Waals surface area contributed by atoms with Gasteiger partial charge in [0, 0.05) is 6.42 Å². The summed E-state index contributed by atoms with van der Waals surface area (Å²) in [6, 6.07) is 9.63. The molecule has 5 nitrogen and oxygen atoms in total. The van der Waals surface area contributed by atoms with E-state index in [0.717, 1.165) is 18.4 Å². The molecule has 0 saturated heterocycles. The van der Waals surface area contributed by atoms with Gasteiger partial charge in [0.15, 0.2) is 5.76 Å². The number of carbonyl (C=O) groups is 1.